The quantitative estimate of drug-likeness (QED) is 0.235. The van der Waals surface area contributed by atoms with Gasteiger partial charge < -0.3 is 10.5 Å². The number of para-hydroxylation sites is 1. The molecule has 0 bridgehead atoms. The van der Waals surface area contributed by atoms with Gasteiger partial charge in [-0.05, 0) is 42.5 Å². The fourth-order valence-electron chi connectivity index (χ4n) is 4.87. The molecule has 3 aromatic carbocycles. The van der Waals surface area contributed by atoms with Gasteiger partial charge in [-0.25, -0.2) is 9.97 Å². The van der Waals surface area contributed by atoms with Gasteiger partial charge in [0.1, 0.15) is 11.3 Å². The SMILES string of the molecule is NC1(c2ccc(-c3nc4cccc(OCCc5cc[n+](O)cc5)c4nc3-c3ccccc3)cc2)CCC1. The van der Waals surface area contributed by atoms with Crippen LogP contribution < -0.4 is 15.2 Å². The number of aromatic nitrogens is 3. The van der Waals surface area contributed by atoms with Crippen molar-refractivity contribution < 1.29 is 14.7 Å². The van der Waals surface area contributed by atoms with Crippen molar-refractivity contribution in [1.82, 2.24) is 9.97 Å². The van der Waals surface area contributed by atoms with Crippen molar-refractivity contribution in [3.63, 3.8) is 0 Å². The van der Waals surface area contributed by atoms with E-state index in [1.807, 2.05) is 48.5 Å². The number of rotatable bonds is 7. The molecular formula is C31H29N4O2+. The third-order valence-electron chi connectivity index (χ3n) is 7.22. The number of fused-ring (bicyclic) bond motifs is 1. The van der Waals surface area contributed by atoms with E-state index in [-0.39, 0.29) is 5.54 Å². The summed E-state index contributed by atoms with van der Waals surface area (Å²) in [4.78, 5) is 10.2. The fourth-order valence-corrected chi connectivity index (χ4v) is 4.87. The molecule has 6 nitrogen and oxygen atoms in total. The lowest BCUT2D eigenvalue weighted by Gasteiger charge is -2.38. The zero-order valence-corrected chi connectivity index (χ0v) is 20.5. The van der Waals surface area contributed by atoms with Crippen LogP contribution in [0.3, 0.4) is 0 Å². The van der Waals surface area contributed by atoms with Gasteiger partial charge in [0, 0.05) is 39.9 Å². The first-order valence-electron chi connectivity index (χ1n) is 12.7. The highest BCUT2D eigenvalue weighted by Crippen LogP contribution is 2.40. The number of nitrogens with zero attached hydrogens (tertiary/aromatic N) is 3. The molecule has 5 aromatic rings. The third-order valence-corrected chi connectivity index (χ3v) is 7.22. The lowest BCUT2D eigenvalue weighted by molar-refractivity contribution is -0.904. The Labute approximate surface area is 216 Å². The second kappa shape index (κ2) is 9.64. The molecular weight excluding hydrogens is 460 g/mol. The molecule has 0 saturated heterocycles. The lowest BCUT2D eigenvalue weighted by atomic mass is 9.72. The lowest BCUT2D eigenvalue weighted by Crippen LogP contribution is -2.43. The van der Waals surface area contributed by atoms with Crippen LogP contribution in [0.4, 0.5) is 0 Å². The van der Waals surface area contributed by atoms with Crippen LogP contribution in [0, 0.1) is 0 Å². The average Bonchev–Trinajstić information content (AvgIpc) is 2.93. The number of pyridine rings is 1. The van der Waals surface area contributed by atoms with Crippen LogP contribution in [0.2, 0.25) is 0 Å². The van der Waals surface area contributed by atoms with Crippen LogP contribution in [0.15, 0.2) is 97.3 Å². The van der Waals surface area contributed by atoms with Gasteiger partial charge in [-0.15, -0.1) is 0 Å². The van der Waals surface area contributed by atoms with Crippen LogP contribution in [-0.4, -0.2) is 21.8 Å². The summed E-state index contributed by atoms with van der Waals surface area (Å²) in [6.07, 6.45) is 7.18. The largest absolute Gasteiger partial charge is 0.491 e. The van der Waals surface area contributed by atoms with Crippen LogP contribution in [-0.2, 0) is 12.0 Å². The Morgan fingerprint density at radius 2 is 1.51 bits per heavy atom. The predicted molar refractivity (Wildman–Crippen MR) is 143 cm³/mol. The third kappa shape index (κ3) is 4.63. The average molecular weight is 490 g/mol. The van der Waals surface area contributed by atoms with Crippen LogP contribution in [0.25, 0.3) is 33.5 Å². The molecule has 2 aromatic heterocycles. The Morgan fingerprint density at radius 3 is 2.22 bits per heavy atom. The van der Waals surface area contributed by atoms with E-state index in [9.17, 15) is 5.21 Å². The van der Waals surface area contributed by atoms with Crippen molar-refractivity contribution in [2.75, 3.05) is 6.61 Å². The molecule has 184 valence electrons. The Bertz CT molecular complexity index is 1530. The Kier molecular flexibility index (Phi) is 6.02. The molecule has 0 amide bonds. The molecule has 1 aliphatic rings. The van der Waals surface area contributed by atoms with E-state index in [4.69, 9.17) is 20.4 Å². The number of ether oxygens (including phenoxy) is 1. The molecule has 1 saturated carbocycles. The maximum Gasteiger partial charge on any atom is 0.222 e. The topological polar surface area (TPSA) is 85.1 Å². The highest BCUT2D eigenvalue weighted by Gasteiger charge is 2.34. The highest BCUT2D eigenvalue weighted by atomic mass is 16.5. The van der Waals surface area contributed by atoms with Crippen LogP contribution >= 0.6 is 0 Å². The summed E-state index contributed by atoms with van der Waals surface area (Å²) in [6, 6.07) is 28.2. The number of hydrogen-bond donors (Lipinski definition) is 2. The standard InChI is InChI=1S/C31H29N4O2/c32-31(17-5-18-31)25-12-10-24(11-13-25)28-29(23-6-2-1-3-7-23)34-30-26(33-28)8-4-9-27(30)37-21-16-22-14-19-35(36)20-15-22/h1-4,6-15,19-20,36H,5,16-18,21,32H2/q+1. The van der Waals surface area contributed by atoms with Crippen molar-refractivity contribution in [1.29, 1.82) is 0 Å². The Hall–Kier alpha value is -4.29. The zero-order valence-electron chi connectivity index (χ0n) is 20.5. The molecule has 1 aliphatic carbocycles. The van der Waals surface area contributed by atoms with Gasteiger partial charge in [0.25, 0.3) is 0 Å². The van der Waals surface area contributed by atoms with Gasteiger partial charge in [-0.3, -0.25) is 5.21 Å². The highest BCUT2D eigenvalue weighted by molar-refractivity contribution is 5.89. The van der Waals surface area contributed by atoms with E-state index in [0.29, 0.717) is 18.8 Å². The van der Waals surface area contributed by atoms with Crippen molar-refractivity contribution in [2.24, 2.45) is 5.73 Å². The number of benzene rings is 3. The maximum absolute atomic E-state index is 9.43. The first kappa shape index (κ1) is 23.1. The minimum absolute atomic E-state index is 0.193. The van der Waals surface area contributed by atoms with E-state index in [1.54, 1.807) is 12.4 Å². The Morgan fingerprint density at radius 1 is 0.811 bits per heavy atom. The molecule has 3 N–H and O–H groups in total. The van der Waals surface area contributed by atoms with Crippen molar-refractivity contribution >= 4 is 11.0 Å². The van der Waals surface area contributed by atoms with Crippen molar-refractivity contribution in [3.05, 3.63) is 108 Å². The fraction of sp³-hybridized carbons (Fsp3) is 0.194. The summed E-state index contributed by atoms with van der Waals surface area (Å²) in [5.74, 6) is 0.701. The molecule has 6 heteroatoms. The van der Waals surface area contributed by atoms with Crippen LogP contribution in [0.1, 0.15) is 30.4 Å². The van der Waals surface area contributed by atoms with Crippen LogP contribution in [0.5, 0.6) is 5.75 Å². The summed E-state index contributed by atoms with van der Waals surface area (Å²) in [5.41, 5.74) is 13.8. The molecule has 0 aliphatic heterocycles. The van der Waals surface area contributed by atoms with E-state index in [1.165, 1.54) is 12.0 Å². The molecule has 6 rings (SSSR count). The van der Waals surface area contributed by atoms with E-state index in [0.717, 1.165) is 56.7 Å². The minimum Gasteiger partial charge on any atom is -0.491 e. The van der Waals surface area contributed by atoms with E-state index >= 15 is 0 Å². The predicted octanol–water partition coefficient (Wildman–Crippen LogP) is 5.45. The van der Waals surface area contributed by atoms with Gasteiger partial charge in [-0.1, -0.05) is 60.7 Å². The molecule has 0 unspecified atom stereocenters. The second-order valence-electron chi connectivity index (χ2n) is 9.68. The maximum atomic E-state index is 9.43. The molecule has 2 heterocycles. The van der Waals surface area contributed by atoms with E-state index in [2.05, 4.69) is 36.4 Å². The molecule has 1 fully saturated rings. The van der Waals surface area contributed by atoms with Gasteiger partial charge in [0.05, 0.1) is 23.5 Å². The summed E-state index contributed by atoms with van der Waals surface area (Å²) in [6.45, 7) is 0.487. The minimum atomic E-state index is -0.193. The van der Waals surface area contributed by atoms with Crippen molar-refractivity contribution in [3.8, 4) is 28.3 Å². The first-order valence-corrected chi connectivity index (χ1v) is 12.7. The molecule has 0 atom stereocenters. The summed E-state index contributed by atoms with van der Waals surface area (Å²) in [7, 11) is 0. The number of hydrogen-bond acceptors (Lipinski definition) is 5. The Balaban J connectivity index is 1.37. The summed E-state index contributed by atoms with van der Waals surface area (Å²) < 4.78 is 7.21. The van der Waals surface area contributed by atoms with Gasteiger partial charge in [0.2, 0.25) is 12.4 Å². The van der Waals surface area contributed by atoms with Gasteiger partial charge in [0.15, 0.2) is 0 Å². The second-order valence-corrected chi connectivity index (χ2v) is 9.68. The van der Waals surface area contributed by atoms with Gasteiger partial charge >= 0.3 is 0 Å². The monoisotopic (exact) mass is 489 g/mol. The molecule has 37 heavy (non-hydrogen) atoms. The first-order chi connectivity index (χ1) is 18.1. The summed E-state index contributed by atoms with van der Waals surface area (Å²) in [5, 5.41) is 9.43. The normalized spacial score (nSPS) is 14.3. The van der Waals surface area contributed by atoms with Gasteiger partial charge in [-0.2, -0.15) is 0 Å². The number of nitrogens with two attached hydrogens (primary N) is 1. The molecule has 0 radical (unpaired) electrons. The summed E-state index contributed by atoms with van der Waals surface area (Å²) >= 11 is 0. The van der Waals surface area contributed by atoms with Crippen molar-refractivity contribution in [2.45, 2.75) is 31.2 Å². The zero-order chi connectivity index (χ0) is 25.2. The smallest absolute Gasteiger partial charge is 0.222 e. The molecule has 0 spiro atoms. The van der Waals surface area contributed by atoms with E-state index < -0.39 is 0 Å².